The summed E-state index contributed by atoms with van der Waals surface area (Å²) in [6.45, 7) is 3.99. The molecular weight excluding hydrogens is 346 g/mol. The number of nitrogens with one attached hydrogen (secondary N) is 3. The van der Waals surface area contributed by atoms with Crippen LogP contribution in [0.5, 0.6) is 5.75 Å². The number of ether oxygens (including phenoxy) is 1. The van der Waals surface area contributed by atoms with E-state index < -0.39 is 22.4 Å². The van der Waals surface area contributed by atoms with Crippen LogP contribution >= 0.6 is 11.8 Å². The van der Waals surface area contributed by atoms with Crippen LogP contribution in [-0.2, 0) is 4.79 Å². The first kappa shape index (κ1) is 18.5. The van der Waals surface area contributed by atoms with Gasteiger partial charge in [-0.05, 0) is 26.0 Å². The van der Waals surface area contributed by atoms with Crippen molar-refractivity contribution < 1.29 is 9.53 Å². The summed E-state index contributed by atoms with van der Waals surface area (Å²) in [6, 6.07) is 7.29. The Kier molecular flexibility index (Phi) is 6.52. The number of amides is 1. The zero-order valence-electron chi connectivity index (χ0n) is 13.6. The predicted octanol–water partition coefficient (Wildman–Crippen LogP) is 0.488. The highest BCUT2D eigenvalue weighted by Gasteiger charge is 2.17. The highest BCUT2D eigenvalue weighted by molar-refractivity contribution is 8.00. The Bertz CT molecular complexity index is 876. The second kappa shape index (κ2) is 8.83. The quantitative estimate of drug-likeness (QED) is 0.373. The molecule has 1 unspecified atom stereocenters. The van der Waals surface area contributed by atoms with Gasteiger partial charge in [0.2, 0.25) is 0 Å². The molecule has 0 spiro atoms. The molecule has 1 atom stereocenters. The number of thioether (sulfide) groups is 1. The Balaban J connectivity index is 1.97. The fraction of sp³-hybridized carbons (Fsp3) is 0.267. The van der Waals surface area contributed by atoms with Crippen LogP contribution in [0.3, 0.4) is 0 Å². The van der Waals surface area contributed by atoms with Gasteiger partial charge in [-0.15, -0.1) is 0 Å². The van der Waals surface area contributed by atoms with Crippen molar-refractivity contribution in [1.29, 1.82) is 0 Å². The summed E-state index contributed by atoms with van der Waals surface area (Å²) >= 11 is 0.909. The summed E-state index contributed by atoms with van der Waals surface area (Å²) in [6.07, 6.45) is 1.48. The van der Waals surface area contributed by atoms with Gasteiger partial charge >= 0.3 is 5.69 Å². The zero-order valence-corrected chi connectivity index (χ0v) is 14.4. The van der Waals surface area contributed by atoms with Gasteiger partial charge in [0, 0.05) is 5.56 Å². The number of hydrazone groups is 1. The average molecular weight is 363 g/mol. The first-order valence-corrected chi connectivity index (χ1v) is 8.29. The van der Waals surface area contributed by atoms with E-state index in [1.807, 2.05) is 30.1 Å². The van der Waals surface area contributed by atoms with Gasteiger partial charge in [0.15, 0.2) is 5.03 Å². The molecule has 1 amide bonds. The second-order valence-corrected chi connectivity index (χ2v) is 6.11. The largest absolute Gasteiger partial charge is 0.493 e. The molecule has 3 N–H and O–H groups in total. The van der Waals surface area contributed by atoms with Crippen molar-refractivity contribution in [1.82, 2.24) is 20.6 Å². The molecule has 0 bridgehead atoms. The van der Waals surface area contributed by atoms with Crippen LogP contribution in [0.4, 0.5) is 0 Å². The number of aromatic amines is 2. The lowest BCUT2D eigenvalue weighted by Crippen LogP contribution is -2.30. The Morgan fingerprint density at radius 2 is 2.20 bits per heavy atom. The van der Waals surface area contributed by atoms with Gasteiger partial charge in [-0.3, -0.25) is 14.6 Å². The number of hydrogen-bond donors (Lipinski definition) is 3. The summed E-state index contributed by atoms with van der Waals surface area (Å²) in [5.41, 5.74) is 1.76. The lowest BCUT2D eigenvalue weighted by atomic mass is 10.2. The van der Waals surface area contributed by atoms with E-state index in [0.29, 0.717) is 12.4 Å². The number of carbonyl (C=O) groups is 1. The standard InChI is InChI=1S/C15H17N5O4S/c1-3-24-11-7-5-4-6-10(11)8-16-18-12(21)9(2)25-14-13(22)17-15(23)20-19-14/h4-9H,3H2,1-2H3,(H,18,21)(H2,17,20,22,23)/b16-8+. The number of carbonyl (C=O) groups excluding carboxylic acids is 1. The molecule has 0 saturated carbocycles. The molecule has 0 aliphatic heterocycles. The van der Waals surface area contributed by atoms with Gasteiger partial charge in [0.05, 0.1) is 18.1 Å². The smallest absolute Gasteiger partial charge is 0.342 e. The second-order valence-electron chi connectivity index (χ2n) is 4.78. The number of rotatable bonds is 7. The van der Waals surface area contributed by atoms with E-state index in [4.69, 9.17) is 4.74 Å². The van der Waals surface area contributed by atoms with E-state index in [9.17, 15) is 14.4 Å². The lowest BCUT2D eigenvalue weighted by Gasteiger charge is -2.08. The summed E-state index contributed by atoms with van der Waals surface area (Å²) in [5.74, 6) is 0.247. The SMILES string of the molecule is CCOc1ccccc1/C=N/NC(=O)C(C)Sc1n[nH]c(=O)[nH]c1=O. The number of benzene rings is 1. The van der Waals surface area contributed by atoms with E-state index >= 15 is 0 Å². The van der Waals surface area contributed by atoms with Crippen LogP contribution < -0.4 is 21.4 Å². The third kappa shape index (κ3) is 5.31. The number of hydrogen-bond acceptors (Lipinski definition) is 7. The molecule has 132 valence electrons. The summed E-state index contributed by atoms with van der Waals surface area (Å²) < 4.78 is 5.46. The fourth-order valence-electron chi connectivity index (χ4n) is 1.77. The van der Waals surface area contributed by atoms with Crippen molar-refractivity contribution in [2.75, 3.05) is 6.61 Å². The molecule has 0 radical (unpaired) electrons. The third-order valence-electron chi connectivity index (χ3n) is 2.94. The molecule has 0 fully saturated rings. The number of H-pyrrole nitrogens is 2. The molecule has 0 aliphatic rings. The summed E-state index contributed by atoms with van der Waals surface area (Å²) in [5, 5.41) is 8.97. The fourth-order valence-corrected chi connectivity index (χ4v) is 2.52. The van der Waals surface area contributed by atoms with E-state index in [1.54, 1.807) is 13.0 Å². The molecule has 2 aromatic rings. The minimum absolute atomic E-state index is 0.00655. The summed E-state index contributed by atoms with van der Waals surface area (Å²) in [4.78, 5) is 36.6. The van der Waals surface area contributed by atoms with Crippen LogP contribution in [0.2, 0.25) is 0 Å². The van der Waals surface area contributed by atoms with E-state index in [-0.39, 0.29) is 5.03 Å². The first-order valence-electron chi connectivity index (χ1n) is 7.41. The van der Waals surface area contributed by atoms with Crippen molar-refractivity contribution in [3.8, 4) is 5.75 Å². The van der Waals surface area contributed by atoms with Crippen molar-refractivity contribution in [3.05, 3.63) is 50.7 Å². The maximum atomic E-state index is 12.0. The van der Waals surface area contributed by atoms with Gasteiger partial charge < -0.3 is 4.74 Å². The van der Waals surface area contributed by atoms with Crippen LogP contribution in [0.15, 0.2) is 44.0 Å². The van der Waals surface area contributed by atoms with Gasteiger partial charge in [0.25, 0.3) is 11.5 Å². The van der Waals surface area contributed by atoms with Crippen molar-refractivity contribution in [3.63, 3.8) is 0 Å². The Hall–Kier alpha value is -2.88. The number of aromatic nitrogens is 3. The van der Waals surface area contributed by atoms with Crippen molar-refractivity contribution in [2.24, 2.45) is 5.10 Å². The Labute approximate surface area is 146 Å². The molecule has 1 aromatic heterocycles. The molecule has 1 heterocycles. The molecule has 0 aliphatic carbocycles. The molecular formula is C15H17N5O4S. The highest BCUT2D eigenvalue weighted by atomic mass is 32.2. The van der Waals surface area contributed by atoms with Crippen LogP contribution in [0.25, 0.3) is 0 Å². The molecule has 0 saturated heterocycles. The van der Waals surface area contributed by atoms with Crippen molar-refractivity contribution >= 4 is 23.9 Å². The monoisotopic (exact) mass is 363 g/mol. The Morgan fingerprint density at radius 3 is 2.92 bits per heavy atom. The first-order chi connectivity index (χ1) is 12.0. The van der Waals surface area contributed by atoms with E-state index in [1.165, 1.54) is 6.21 Å². The number of para-hydroxylation sites is 1. The maximum absolute atomic E-state index is 12.0. The minimum Gasteiger partial charge on any atom is -0.493 e. The topological polar surface area (TPSA) is 129 Å². The minimum atomic E-state index is -0.705. The van der Waals surface area contributed by atoms with Crippen LogP contribution in [0, 0.1) is 0 Å². The third-order valence-corrected chi connectivity index (χ3v) is 4.00. The van der Waals surface area contributed by atoms with Gasteiger partial charge in [-0.1, -0.05) is 23.9 Å². The van der Waals surface area contributed by atoms with Crippen LogP contribution in [-0.4, -0.2) is 39.2 Å². The van der Waals surface area contributed by atoms with Crippen LogP contribution in [0.1, 0.15) is 19.4 Å². The van der Waals surface area contributed by atoms with Crippen molar-refractivity contribution in [2.45, 2.75) is 24.1 Å². The van der Waals surface area contributed by atoms with Gasteiger partial charge in [-0.25, -0.2) is 15.3 Å². The average Bonchev–Trinajstić information content (AvgIpc) is 2.59. The maximum Gasteiger partial charge on any atom is 0.342 e. The molecule has 25 heavy (non-hydrogen) atoms. The Morgan fingerprint density at radius 1 is 1.44 bits per heavy atom. The number of nitrogens with zero attached hydrogens (tertiary/aromatic N) is 2. The normalized spacial score (nSPS) is 12.1. The zero-order chi connectivity index (χ0) is 18.2. The molecule has 2 rings (SSSR count). The molecule has 9 nitrogen and oxygen atoms in total. The molecule has 10 heteroatoms. The highest BCUT2D eigenvalue weighted by Crippen LogP contribution is 2.17. The molecule has 1 aromatic carbocycles. The van der Waals surface area contributed by atoms with Gasteiger partial charge in [0.1, 0.15) is 5.75 Å². The summed E-state index contributed by atoms with van der Waals surface area (Å²) in [7, 11) is 0. The van der Waals surface area contributed by atoms with Gasteiger partial charge in [-0.2, -0.15) is 10.2 Å². The van der Waals surface area contributed by atoms with E-state index in [2.05, 4.69) is 20.7 Å². The predicted molar refractivity (Wildman–Crippen MR) is 94.1 cm³/mol. The lowest BCUT2D eigenvalue weighted by molar-refractivity contribution is -0.120. The van der Waals surface area contributed by atoms with E-state index in [0.717, 1.165) is 17.3 Å².